The lowest BCUT2D eigenvalue weighted by Gasteiger charge is -2.13. The fourth-order valence-corrected chi connectivity index (χ4v) is 2.01. The molecular formula is C14H14ClNO. The third-order valence-electron chi connectivity index (χ3n) is 2.71. The summed E-state index contributed by atoms with van der Waals surface area (Å²) in [7, 11) is 0. The molecule has 88 valence electrons. The Bertz CT molecular complexity index is 499. The molecule has 2 rings (SSSR count). The molecule has 0 radical (unpaired) electrons. The molecule has 0 bridgehead atoms. The maximum Gasteiger partial charge on any atom is 0.0859 e. The minimum absolute atomic E-state index is 0.476. The average Bonchev–Trinajstić information content (AvgIpc) is 2.34. The summed E-state index contributed by atoms with van der Waals surface area (Å²) < 4.78 is 0. The maximum absolute atomic E-state index is 10.2. The van der Waals surface area contributed by atoms with Gasteiger partial charge in [-0.1, -0.05) is 35.9 Å². The first-order chi connectivity index (χ1) is 8.18. The molecule has 3 heteroatoms. The Morgan fingerprint density at radius 2 is 2.06 bits per heavy atom. The van der Waals surface area contributed by atoms with Crippen molar-refractivity contribution >= 4 is 11.6 Å². The third kappa shape index (κ3) is 2.84. The Kier molecular flexibility index (Phi) is 3.77. The lowest BCUT2D eigenvalue weighted by Crippen LogP contribution is -2.04. The summed E-state index contributed by atoms with van der Waals surface area (Å²) in [5.41, 5.74) is 2.60. The largest absolute Gasteiger partial charge is 0.388 e. The SMILES string of the molecule is Cc1cccc(C(O)Cc2ccccn2)c1Cl. The van der Waals surface area contributed by atoms with Crippen molar-refractivity contribution in [2.45, 2.75) is 19.4 Å². The van der Waals surface area contributed by atoms with Crippen LogP contribution in [0.4, 0.5) is 0 Å². The van der Waals surface area contributed by atoms with E-state index in [9.17, 15) is 5.11 Å². The Morgan fingerprint density at radius 3 is 2.76 bits per heavy atom. The molecule has 1 heterocycles. The van der Waals surface area contributed by atoms with Crippen molar-refractivity contribution in [3.8, 4) is 0 Å². The molecule has 0 saturated heterocycles. The predicted molar refractivity (Wildman–Crippen MR) is 69.1 cm³/mol. The van der Waals surface area contributed by atoms with Gasteiger partial charge in [-0.3, -0.25) is 4.98 Å². The highest BCUT2D eigenvalue weighted by atomic mass is 35.5. The molecule has 1 aromatic heterocycles. The van der Waals surface area contributed by atoms with Crippen LogP contribution in [0.15, 0.2) is 42.6 Å². The van der Waals surface area contributed by atoms with Gasteiger partial charge in [0.2, 0.25) is 0 Å². The molecule has 0 fully saturated rings. The van der Waals surface area contributed by atoms with E-state index in [0.29, 0.717) is 11.4 Å². The highest BCUT2D eigenvalue weighted by molar-refractivity contribution is 6.32. The maximum atomic E-state index is 10.2. The first-order valence-electron chi connectivity index (χ1n) is 5.51. The number of aromatic nitrogens is 1. The lowest BCUT2D eigenvalue weighted by molar-refractivity contribution is 0.177. The van der Waals surface area contributed by atoms with Crippen molar-refractivity contribution in [1.29, 1.82) is 0 Å². The number of aliphatic hydroxyl groups is 1. The topological polar surface area (TPSA) is 33.1 Å². The number of benzene rings is 1. The summed E-state index contributed by atoms with van der Waals surface area (Å²) in [4.78, 5) is 4.19. The first-order valence-corrected chi connectivity index (χ1v) is 5.89. The van der Waals surface area contributed by atoms with E-state index in [2.05, 4.69) is 4.98 Å². The van der Waals surface area contributed by atoms with Gasteiger partial charge in [-0.05, 0) is 30.2 Å². The number of aliphatic hydroxyl groups excluding tert-OH is 1. The highest BCUT2D eigenvalue weighted by Crippen LogP contribution is 2.27. The van der Waals surface area contributed by atoms with Gasteiger partial charge < -0.3 is 5.11 Å². The van der Waals surface area contributed by atoms with E-state index in [4.69, 9.17) is 11.6 Å². The molecule has 1 N–H and O–H groups in total. The zero-order chi connectivity index (χ0) is 12.3. The van der Waals surface area contributed by atoms with E-state index in [0.717, 1.165) is 16.8 Å². The van der Waals surface area contributed by atoms with Crippen LogP contribution in [0.3, 0.4) is 0 Å². The smallest absolute Gasteiger partial charge is 0.0859 e. The van der Waals surface area contributed by atoms with Crippen LogP contribution < -0.4 is 0 Å². The van der Waals surface area contributed by atoms with Crippen LogP contribution in [-0.4, -0.2) is 10.1 Å². The van der Waals surface area contributed by atoms with Gasteiger partial charge in [-0.15, -0.1) is 0 Å². The minimum Gasteiger partial charge on any atom is -0.388 e. The van der Waals surface area contributed by atoms with Crippen molar-refractivity contribution in [2.24, 2.45) is 0 Å². The minimum atomic E-state index is -0.614. The van der Waals surface area contributed by atoms with Gasteiger partial charge in [0.1, 0.15) is 0 Å². The molecule has 17 heavy (non-hydrogen) atoms. The molecule has 2 aromatic rings. The molecule has 2 nitrogen and oxygen atoms in total. The van der Waals surface area contributed by atoms with E-state index >= 15 is 0 Å². The Labute approximate surface area is 106 Å². The molecule has 0 aliphatic carbocycles. The van der Waals surface area contributed by atoms with Crippen LogP contribution in [0.5, 0.6) is 0 Å². The monoisotopic (exact) mass is 247 g/mol. The van der Waals surface area contributed by atoms with Crippen molar-refractivity contribution in [2.75, 3.05) is 0 Å². The second kappa shape index (κ2) is 5.30. The summed E-state index contributed by atoms with van der Waals surface area (Å²) in [6, 6.07) is 11.3. The Morgan fingerprint density at radius 1 is 1.24 bits per heavy atom. The summed E-state index contributed by atoms with van der Waals surface area (Å²) in [5, 5.41) is 10.8. The summed E-state index contributed by atoms with van der Waals surface area (Å²) in [5.74, 6) is 0. The van der Waals surface area contributed by atoms with E-state index in [1.54, 1.807) is 6.20 Å². The second-order valence-corrected chi connectivity index (χ2v) is 4.40. The molecule has 0 saturated carbocycles. The lowest BCUT2D eigenvalue weighted by atomic mass is 10.0. The molecule has 1 unspecified atom stereocenters. The number of pyridine rings is 1. The number of hydrogen-bond acceptors (Lipinski definition) is 2. The molecule has 0 aliphatic rings. The van der Waals surface area contributed by atoms with Crippen LogP contribution >= 0.6 is 11.6 Å². The number of hydrogen-bond donors (Lipinski definition) is 1. The van der Waals surface area contributed by atoms with Crippen molar-refractivity contribution in [3.63, 3.8) is 0 Å². The summed E-state index contributed by atoms with van der Waals surface area (Å²) >= 11 is 6.17. The summed E-state index contributed by atoms with van der Waals surface area (Å²) in [6.07, 6.45) is 1.58. The fraction of sp³-hybridized carbons (Fsp3) is 0.214. The molecule has 0 amide bonds. The predicted octanol–water partition coefficient (Wildman–Crippen LogP) is 3.32. The fourth-order valence-electron chi connectivity index (χ4n) is 1.75. The Balaban J connectivity index is 2.20. The Hall–Kier alpha value is -1.38. The number of aryl methyl sites for hydroxylation is 1. The quantitative estimate of drug-likeness (QED) is 0.903. The van der Waals surface area contributed by atoms with E-state index in [1.165, 1.54) is 0 Å². The van der Waals surface area contributed by atoms with Crippen LogP contribution in [-0.2, 0) is 6.42 Å². The van der Waals surface area contributed by atoms with Crippen LogP contribution in [0, 0.1) is 6.92 Å². The number of nitrogens with zero attached hydrogens (tertiary/aromatic N) is 1. The van der Waals surface area contributed by atoms with Gasteiger partial charge in [-0.2, -0.15) is 0 Å². The molecule has 1 aromatic carbocycles. The van der Waals surface area contributed by atoms with Crippen molar-refractivity contribution in [3.05, 3.63) is 64.4 Å². The highest BCUT2D eigenvalue weighted by Gasteiger charge is 2.13. The number of rotatable bonds is 3. The molecule has 0 aliphatic heterocycles. The average molecular weight is 248 g/mol. The van der Waals surface area contributed by atoms with Gasteiger partial charge >= 0.3 is 0 Å². The molecular weight excluding hydrogens is 234 g/mol. The van der Waals surface area contributed by atoms with Crippen LogP contribution in [0.1, 0.15) is 22.9 Å². The number of halogens is 1. The van der Waals surface area contributed by atoms with Gasteiger partial charge in [0.25, 0.3) is 0 Å². The molecule has 1 atom stereocenters. The zero-order valence-electron chi connectivity index (χ0n) is 9.60. The third-order valence-corrected chi connectivity index (χ3v) is 3.23. The van der Waals surface area contributed by atoms with E-state index in [-0.39, 0.29) is 0 Å². The zero-order valence-corrected chi connectivity index (χ0v) is 10.4. The summed E-state index contributed by atoms with van der Waals surface area (Å²) in [6.45, 7) is 1.93. The first kappa shape index (κ1) is 12.1. The normalized spacial score (nSPS) is 12.4. The second-order valence-electron chi connectivity index (χ2n) is 4.02. The van der Waals surface area contributed by atoms with E-state index < -0.39 is 6.10 Å². The van der Waals surface area contributed by atoms with Gasteiger partial charge in [0, 0.05) is 23.3 Å². The van der Waals surface area contributed by atoms with Crippen molar-refractivity contribution < 1.29 is 5.11 Å². The standard InChI is InChI=1S/C14H14ClNO/c1-10-5-4-7-12(14(10)15)13(17)9-11-6-2-3-8-16-11/h2-8,13,17H,9H2,1H3. The van der Waals surface area contributed by atoms with Crippen molar-refractivity contribution in [1.82, 2.24) is 4.98 Å². The van der Waals surface area contributed by atoms with E-state index in [1.807, 2.05) is 43.3 Å². The van der Waals surface area contributed by atoms with Gasteiger partial charge in [0.15, 0.2) is 0 Å². The van der Waals surface area contributed by atoms with Crippen LogP contribution in [0.25, 0.3) is 0 Å². The van der Waals surface area contributed by atoms with Gasteiger partial charge in [-0.25, -0.2) is 0 Å². The molecule has 0 spiro atoms. The van der Waals surface area contributed by atoms with Gasteiger partial charge in [0.05, 0.1) is 6.10 Å². The van der Waals surface area contributed by atoms with Crippen LogP contribution in [0.2, 0.25) is 5.02 Å².